The van der Waals surface area contributed by atoms with Gasteiger partial charge in [0.2, 0.25) is 0 Å². The maximum Gasteiger partial charge on any atom is 0.435 e. The van der Waals surface area contributed by atoms with E-state index in [1.54, 1.807) is 18.2 Å². The predicted octanol–water partition coefficient (Wildman–Crippen LogP) is 5.36. The molecule has 0 atom stereocenters. The molecule has 0 aliphatic carbocycles. The predicted molar refractivity (Wildman–Crippen MR) is 116 cm³/mol. The topological polar surface area (TPSA) is 88.5 Å². The Bertz CT molecular complexity index is 1540. The number of hydrogen-bond donors (Lipinski definition) is 2. The fraction of sp³-hybridized carbons (Fsp3) is 0.0435. The lowest BCUT2D eigenvalue weighted by Crippen LogP contribution is -2.21. The summed E-state index contributed by atoms with van der Waals surface area (Å²) in [7, 11) is 0. The minimum atomic E-state index is -4.97. The zero-order valence-electron chi connectivity index (χ0n) is 17.4. The molecule has 2 aromatic heterocycles. The van der Waals surface area contributed by atoms with Crippen molar-refractivity contribution in [1.82, 2.24) is 25.0 Å². The van der Waals surface area contributed by atoms with Crippen LogP contribution in [0.25, 0.3) is 28.1 Å². The van der Waals surface area contributed by atoms with Crippen molar-refractivity contribution in [2.45, 2.75) is 6.18 Å². The van der Waals surface area contributed by atoms with E-state index in [0.717, 1.165) is 24.3 Å². The molecule has 5 rings (SSSR count). The summed E-state index contributed by atoms with van der Waals surface area (Å²) in [4.78, 5) is 20.1. The molecule has 176 valence electrons. The van der Waals surface area contributed by atoms with Crippen LogP contribution in [-0.2, 0) is 6.18 Å². The Morgan fingerprint density at radius 1 is 0.914 bits per heavy atom. The van der Waals surface area contributed by atoms with Crippen molar-refractivity contribution in [3.8, 4) is 17.1 Å². The zero-order valence-corrected chi connectivity index (χ0v) is 17.4. The maximum absolute atomic E-state index is 13.8. The van der Waals surface area contributed by atoms with Gasteiger partial charge in [-0.1, -0.05) is 5.21 Å². The van der Waals surface area contributed by atoms with Crippen molar-refractivity contribution in [3.63, 3.8) is 0 Å². The third-order valence-electron chi connectivity index (χ3n) is 5.08. The van der Waals surface area contributed by atoms with Crippen molar-refractivity contribution < 1.29 is 26.7 Å². The Balaban J connectivity index is 1.45. The molecule has 12 heteroatoms. The first-order valence-corrected chi connectivity index (χ1v) is 10.0. The first-order valence-electron chi connectivity index (χ1n) is 10.0. The first-order chi connectivity index (χ1) is 16.7. The quantitative estimate of drug-likeness (QED) is 0.336. The lowest BCUT2D eigenvalue weighted by Gasteiger charge is -2.11. The van der Waals surface area contributed by atoms with E-state index >= 15 is 0 Å². The molecular formula is C23H13F5N6O. The van der Waals surface area contributed by atoms with Gasteiger partial charge in [0, 0.05) is 11.3 Å². The van der Waals surface area contributed by atoms with Gasteiger partial charge in [-0.15, -0.1) is 5.10 Å². The van der Waals surface area contributed by atoms with Crippen LogP contribution in [0.2, 0.25) is 0 Å². The Kier molecular flexibility index (Phi) is 5.27. The number of carbonyl (C=O) groups excluding carboxylic acids is 1. The van der Waals surface area contributed by atoms with Crippen LogP contribution in [0.3, 0.4) is 0 Å². The number of H-pyrrole nitrogens is 1. The zero-order chi connectivity index (χ0) is 24.7. The number of halogens is 5. The number of rotatable bonds is 4. The highest BCUT2D eigenvalue weighted by molar-refractivity contribution is 6.04. The molecule has 0 radical (unpaired) electrons. The van der Waals surface area contributed by atoms with Crippen LogP contribution < -0.4 is 5.32 Å². The van der Waals surface area contributed by atoms with Crippen LogP contribution in [0, 0.1) is 11.6 Å². The Labute approximate surface area is 193 Å². The molecule has 2 N–H and O–H groups in total. The molecule has 0 aliphatic heterocycles. The van der Waals surface area contributed by atoms with Crippen LogP contribution in [-0.4, -0.2) is 30.9 Å². The third-order valence-corrected chi connectivity index (χ3v) is 5.08. The van der Waals surface area contributed by atoms with E-state index in [9.17, 15) is 26.7 Å². The first kappa shape index (κ1) is 22.2. The molecule has 0 saturated heterocycles. The van der Waals surface area contributed by atoms with Gasteiger partial charge in [-0.25, -0.2) is 18.4 Å². The van der Waals surface area contributed by atoms with Gasteiger partial charge in [-0.3, -0.25) is 4.79 Å². The number of nitrogens with one attached hydrogen (secondary N) is 2. The van der Waals surface area contributed by atoms with Gasteiger partial charge in [0.25, 0.3) is 5.91 Å². The number of aromatic amines is 1. The highest BCUT2D eigenvalue weighted by Gasteiger charge is 2.42. The largest absolute Gasteiger partial charge is 0.435 e. The van der Waals surface area contributed by atoms with Crippen molar-refractivity contribution >= 4 is 22.6 Å². The van der Waals surface area contributed by atoms with Crippen LogP contribution in [0.1, 0.15) is 16.2 Å². The summed E-state index contributed by atoms with van der Waals surface area (Å²) < 4.78 is 68.2. The van der Waals surface area contributed by atoms with E-state index in [0.29, 0.717) is 27.1 Å². The number of alkyl halides is 3. The van der Waals surface area contributed by atoms with Gasteiger partial charge < -0.3 is 10.3 Å². The third kappa shape index (κ3) is 4.33. The van der Waals surface area contributed by atoms with E-state index in [-0.39, 0.29) is 11.4 Å². The average molecular weight is 484 g/mol. The molecule has 35 heavy (non-hydrogen) atoms. The molecular weight excluding hydrogens is 471 g/mol. The maximum atomic E-state index is 13.8. The number of fused-ring (bicyclic) bond motifs is 1. The lowest BCUT2D eigenvalue weighted by molar-refractivity contribution is -0.143. The number of amides is 1. The number of benzene rings is 3. The number of nitrogens with zero attached hydrogens (tertiary/aromatic N) is 4. The summed E-state index contributed by atoms with van der Waals surface area (Å²) in [5, 5.41) is 9.27. The number of imidazole rings is 1. The summed E-state index contributed by atoms with van der Waals surface area (Å²) in [6, 6.07) is 14.3. The molecule has 3 aromatic carbocycles. The van der Waals surface area contributed by atoms with Crippen molar-refractivity contribution in [2.24, 2.45) is 0 Å². The molecule has 2 heterocycles. The summed E-state index contributed by atoms with van der Waals surface area (Å²) in [5.41, 5.74) is -0.630. The summed E-state index contributed by atoms with van der Waals surface area (Å²) in [6.07, 6.45) is -4.97. The average Bonchev–Trinajstić information content (AvgIpc) is 3.44. The fourth-order valence-corrected chi connectivity index (χ4v) is 3.47. The molecule has 0 unspecified atom stereocenters. The fourth-order valence-electron chi connectivity index (χ4n) is 3.47. The monoisotopic (exact) mass is 484 g/mol. The molecule has 1 amide bonds. The highest BCUT2D eigenvalue weighted by atomic mass is 19.4. The van der Waals surface area contributed by atoms with E-state index in [1.807, 2.05) is 0 Å². The smallest absolute Gasteiger partial charge is 0.338 e. The van der Waals surface area contributed by atoms with Gasteiger partial charge in [0.05, 0.1) is 16.7 Å². The Hall–Kier alpha value is -4.61. The molecule has 0 spiro atoms. The summed E-state index contributed by atoms with van der Waals surface area (Å²) in [6.45, 7) is 0. The summed E-state index contributed by atoms with van der Waals surface area (Å²) >= 11 is 0. The van der Waals surface area contributed by atoms with Crippen LogP contribution in [0.5, 0.6) is 0 Å². The Morgan fingerprint density at radius 3 is 2.23 bits per heavy atom. The summed E-state index contributed by atoms with van der Waals surface area (Å²) in [5.74, 6) is -1.73. The number of hydrogen-bond acceptors (Lipinski definition) is 4. The van der Waals surface area contributed by atoms with Gasteiger partial charge in [-0.05, 0) is 66.7 Å². The standard InChI is InChI=1S/C23H13F5N6O/c24-13-3-1-12(2-4-13)21-30-17-10-7-15(11-18(17)31-21)29-22(35)19-20(23(26,27)28)34(33-32-19)16-8-5-14(25)6-9-16/h1-11H,(H,29,35)(H,30,31). The van der Waals surface area contributed by atoms with Crippen molar-refractivity contribution in [1.29, 1.82) is 0 Å². The van der Waals surface area contributed by atoms with Crippen LogP contribution in [0.4, 0.5) is 27.6 Å². The molecule has 5 aromatic rings. The molecule has 0 bridgehead atoms. The molecule has 0 saturated carbocycles. The van der Waals surface area contributed by atoms with Crippen LogP contribution >= 0.6 is 0 Å². The Morgan fingerprint density at radius 2 is 1.57 bits per heavy atom. The SMILES string of the molecule is O=C(Nc1ccc2nc(-c3ccc(F)cc3)[nH]c2c1)c1nnn(-c2ccc(F)cc2)c1C(F)(F)F. The highest BCUT2D eigenvalue weighted by Crippen LogP contribution is 2.33. The molecule has 0 fully saturated rings. The second kappa shape index (κ2) is 8.31. The molecule has 7 nitrogen and oxygen atoms in total. The van der Waals surface area contributed by atoms with Crippen molar-refractivity contribution in [3.05, 3.63) is 89.8 Å². The van der Waals surface area contributed by atoms with Crippen molar-refractivity contribution in [2.75, 3.05) is 5.32 Å². The second-order valence-corrected chi connectivity index (χ2v) is 7.45. The van der Waals surface area contributed by atoms with Gasteiger partial charge in [0.15, 0.2) is 11.4 Å². The minimum Gasteiger partial charge on any atom is -0.338 e. The molecule has 0 aliphatic rings. The number of aromatic nitrogens is 5. The lowest BCUT2D eigenvalue weighted by atomic mass is 10.2. The van der Waals surface area contributed by atoms with E-state index in [1.165, 1.54) is 24.3 Å². The number of carbonyl (C=O) groups is 1. The van der Waals surface area contributed by atoms with E-state index in [4.69, 9.17) is 0 Å². The van der Waals surface area contributed by atoms with Gasteiger partial charge in [0.1, 0.15) is 17.5 Å². The minimum absolute atomic E-state index is 0.113. The van der Waals surface area contributed by atoms with Gasteiger partial charge in [-0.2, -0.15) is 13.2 Å². The van der Waals surface area contributed by atoms with E-state index < -0.39 is 35.1 Å². The normalized spacial score (nSPS) is 11.7. The number of anilines is 1. The van der Waals surface area contributed by atoms with Crippen LogP contribution in [0.15, 0.2) is 66.7 Å². The van der Waals surface area contributed by atoms with E-state index in [2.05, 4.69) is 25.6 Å². The second-order valence-electron chi connectivity index (χ2n) is 7.45. The van der Waals surface area contributed by atoms with Gasteiger partial charge >= 0.3 is 6.18 Å².